The van der Waals surface area contributed by atoms with Crippen LogP contribution in [0.2, 0.25) is 5.02 Å². The summed E-state index contributed by atoms with van der Waals surface area (Å²) in [6.07, 6.45) is 0.352. The first kappa shape index (κ1) is 13.6. The van der Waals surface area contributed by atoms with Crippen LogP contribution in [-0.2, 0) is 15.5 Å². The predicted molar refractivity (Wildman–Crippen MR) is 66.1 cm³/mol. The first-order valence-corrected chi connectivity index (χ1v) is 7.44. The summed E-state index contributed by atoms with van der Waals surface area (Å²) in [6, 6.07) is 3.48. The Morgan fingerprint density at radius 2 is 2.00 bits per heavy atom. The number of halogens is 2. The molecule has 0 aliphatic rings. The van der Waals surface area contributed by atoms with Crippen LogP contribution >= 0.6 is 22.3 Å². The van der Waals surface area contributed by atoms with Gasteiger partial charge < -0.3 is 4.74 Å². The molecule has 3 nitrogen and oxygen atoms in total. The Kier molecular flexibility index (Phi) is 4.47. The fourth-order valence-electron chi connectivity index (χ4n) is 1.35. The summed E-state index contributed by atoms with van der Waals surface area (Å²) in [6.45, 7) is 1.86. The quantitative estimate of drug-likeness (QED) is 0.798. The zero-order chi connectivity index (χ0) is 12.3. The molecule has 0 atom stereocenters. The van der Waals surface area contributed by atoms with E-state index in [2.05, 4.69) is 0 Å². The lowest BCUT2D eigenvalue weighted by Crippen LogP contribution is -2.03. The maximum atomic E-state index is 10.8. The third kappa shape index (κ3) is 3.85. The summed E-state index contributed by atoms with van der Waals surface area (Å²) in [5, 5.41) is 0.512. The summed E-state index contributed by atoms with van der Waals surface area (Å²) in [4.78, 5) is 0. The molecule has 6 heteroatoms. The van der Waals surface area contributed by atoms with Crippen molar-refractivity contribution in [3.05, 3.63) is 28.3 Å². The van der Waals surface area contributed by atoms with Crippen molar-refractivity contribution in [1.82, 2.24) is 0 Å². The molecule has 0 aliphatic carbocycles. The van der Waals surface area contributed by atoms with Crippen LogP contribution in [0.5, 0.6) is 5.75 Å². The largest absolute Gasteiger partial charge is 0.495 e. The molecular formula is C10H12Cl2O3S. The van der Waals surface area contributed by atoms with Gasteiger partial charge >= 0.3 is 0 Å². The number of hydrogen-bond acceptors (Lipinski definition) is 3. The molecule has 0 N–H and O–H groups in total. The zero-order valence-corrected chi connectivity index (χ0v) is 11.3. The molecule has 1 aromatic rings. The van der Waals surface area contributed by atoms with E-state index in [1.165, 1.54) is 7.11 Å². The maximum absolute atomic E-state index is 10.8. The van der Waals surface area contributed by atoms with Crippen molar-refractivity contribution in [2.45, 2.75) is 13.3 Å². The van der Waals surface area contributed by atoms with Crippen LogP contribution in [0.3, 0.4) is 0 Å². The Hall–Kier alpha value is -0.450. The molecule has 0 spiro atoms. The molecule has 0 saturated heterocycles. The number of aryl methyl sites for hydroxylation is 2. The van der Waals surface area contributed by atoms with E-state index in [4.69, 9.17) is 27.0 Å². The van der Waals surface area contributed by atoms with Gasteiger partial charge in [-0.2, -0.15) is 0 Å². The second-order valence-corrected chi connectivity index (χ2v) is 6.71. The molecule has 0 bridgehead atoms. The highest BCUT2D eigenvalue weighted by Crippen LogP contribution is 2.28. The lowest BCUT2D eigenvalue weighted by atomic mass is 10.1. The Morgan fingerprint density at radius 3 is 2.50 bits per heavy atom. The van der Waals surface area contributed by atoms with Crippen molar-refractivity contribution >= 4 is 31.3 Å². The van der Waals surface area contributed by atoms with E-state index < -0.39 is 9.05 Å². The summed E-state index contributed by atoms with van der Waals surface area (Å²) >= 11 is 5.92. The SMILES string of the molecule is COc1cc(CCS(=O)(=O)Cl)c(C)cc1Cl. The number of benzene rings is 1. The average molecular weight is 283 g/mol. The molecule has 0 heterocycles. The van der Waals surface area contributed by atoms with Gasteiger partial charge in [0, 0.05) is 10.7 Å². The van der Waals surface area contributed by atoms with Gasteiger partial charge in [-0.15, -0.1) is 0 Å². The van der Waals surface area contributed by atoms with Gasteiger partial charge in [0.15, 0.2) is 0 Å². The van der Waals surface area contributed by atoms with Crippen LogP contribution in [-0.4, -0.2) is 21.3 Å². The molecule has 90 valence electrons. The van der Waals surface area contributed by atoms with E-state index >= 15 is 0 Å². The number of rotatable bonds is 4. The molecule has 0 radical (unpaired) electrons. The Bertz CT molecular complexity index is 483. The molecule has 0 amide bonds. The highest BCUT2D eigenvalue weighted by Gasteiger charge is 2.10. The lowest BCUT2D eigenvalue weighted by molar-refractivity contribution is 0.414. The molecule has 0 fully saturated rings. The minimum absolute atomic E-state index is 0.0970. The van der Waals surface area contributed by atoms with Crippen LogP contribution in [0, 0.1) is 6.92 Å². The maximum Gasteiger partial charge on any atom is 0.232 e. The van der Waals surface area contributed by atoms with Gasteiger partial charge in [-0.25, -0.2) is 8.42 Å². The molecular weight excluding hydrogens is 271 g/mol. The Balaban J connectivity index is 2.96. The molecule has 0 aromatic heterocycles. The smallest absolute Gasteiger partial charge is 0.232 e. The molecule has 0 aliphatic heterocycles. The molecule has 0 saturated carbocycles. The van der Waals surface area contributed by atoms with E-state index in [-0.39, 0.29) is 5.75 Å². The molecule has 1 aromatic carbocycles. The summed E-state index contributed by atoms with van der Waals surface area (Å²) in [5.41, 5.74) is 1.79. The van der Waals surface area contributed by atoms with Gasteiger partial charge in [0.2, 0.25) is 9.05 Å². The van der Waals surface area contributed by atoms with Crippen molar-refractivity contribution in [2.24, 2.45) is 0 Å². The van der Waals surface area contributed by atoms with Crippen molar-refractivity contribution in [1.29, 1.82) is 0 Å². The average Bonchev–Trinajstić information content (AvgIpc) is 2.15. The van der Waals surface area contributed by atoms with Crippen LogP contribution in [0.4, 0.5) is 0 Å². The van der Waals surface area contributed by atoms with E-state index in [1.807, 2.05) is 6.92 Å². The van der Waals surface area contributed by atoms with Gasteiger partial charge in [-0.1, -0.05) is 11.6 Å². The van der Waals surface area contributed by atoms with Gasteiger partial charge in [-0.05, 0) is 36.6 Å². The van der Waals surface area contributed by atoms with Crippen molar-refractivity contribution in [3.8, 4) is 5.75 Å². The third-order valence-corrected chi connectivity index (χ3v) is 3.68. The fourth-order valence-corrected chi connectivity index (χ4v) is 2.34. The molecule has 0 unspecified atom stereocenters. The van der Waals surface area contributed by atoms with E-state index in [1.54, 1.807) is 12.1 Å². The minimum Gasteiger partial charge on any atom is -0.495 e. The standard InChI is InChI=1S/C10H12Cl2O3S/c1-7-5-9(11)10(15-2)6-8(7)3-4-16(12,13)14/h5-6H,3-4H2,1-2H3. The normalized spacial score (nSPS) is 11.5. The number of hydrogen-bond donors (Lipinski definition) is 0. The van der Waals surface area contributed by atoms with Crippen LogP contribution < -0.4 is 4.74 Å². The highest BCUT2D eigenvalue weighted by molar-refractivity contribution is 8.13. The number of ether oxygens (including phenoxy) is 1. The van der Waals surface area contributed by atoms with Crippen molar-refractivity contribution in [2.75, 3.05) is 12.9 Å². The monoisotopic (exact) mass is 282 g/mol. The van der Waals surface area contributed by atoms with Gasteiger partial charge in [0.05, 0.1) is 17.9 Å². The van der Waals surface area contributed by atoms with Gasteiger partial charge in [-0.3, -0.25) is 0 Å². The zero-order valence-electron chi connectivity index (χ0n) is 8.96. The first-order valence-electron chi connectivity index (χ1n) is 4.59. The topological polar surface area (TPSA) is 43.4 Å². The second kappa shape index (κ2) is 5.25. The van der Waals surface area contributed by atoms with Crippen molar-refractivity contribution in [3.63, 3.8) is 0 Å². The van der Waals surface area contributed by atoms with Crippen LogP contribution in [0.25, 0.3) is 0 Å². The van der Waals surface area contributed by atoms with Crippen LogP contribution in [0.1, 0.15) is 11.1 Å². The highest BCUT2D eigenvalue weighted by atomic mass is 35.7. The van der Waals surface area contributed by atoms with E-state index in [9.17, 15) is 8.42 Å². The lowest BCUT2D eigenvalue weighted by Gasteiger charge is -2.09. The van der Waals surface area contributed by atoms with Gasteiger partial charge in [0.25, 0.3) is 0 Å². The molecule has 1 rings (SSSR count). The Labute approximate surface area is 105 Å². The molecule has 16 heavy (non-hydrogen) atoms. The van der Waals surface area contributed by atoms with Gasteiger partial charge in [0.1, 0.15) is 5.75 Å². The van der Waals surface area contributed by atoms with E-state index in [0.29, 0.717) is 17.2 Å². The summed E-state index contributed by atoms with van der Waals surface area (Å²) in [7, 11) is 3.20. The fraction of sp³-hybridized carbons (Fsp3) is 0.400. The van der Waals surface area contributed by atoms with E-state index in [0.717, 1.165) is 11.1 Å². The predicted octanol–water partition coefficient (Wildman–Crippen LogP) is 2.77. The first-order chi connectivity index (χ1) is 7.33. The Morgan fingerprint density at radius 1 is 1.38 bits per heavy atom. The second-order valence-electron chi connectivity index (χ2n) is 3.41. The number of methoxy groups -OCH3 is 1. The summed E-state index contributed by atoms with van der Waals surface area (Å²) in [5.74, 6) is 0.439. The van der Waals surface area contributed by atoms with Crippen LogP contribution in [0.15, 0.2) is 12.1 Å². The third-order valence-electron chi connectivity index (χ3n) is 2.23. The summed E-state index contributed by atoms with van der Waals surface area (Å²) < 4.78 is 26.7. The van der Waals surface area contributed by atoms with Crippen molar-refractivity contribution < 1.29 is 13.2 Å². The minimum atomic E-state index is -3.47.